The summed E-state index contributed by atoms with van der Waals surface area (Å²) in [5.41, 5.74) is 4.89. The van der Waals surface area contributed by atoms with Crippen LogP contribution in [0, 0.1) is 19.7 Å². The molecule has 0 N–H and O–H groups in total. The number of halogens is 1. The average molecular weight is 384 g/mol. The summed E-state index contributed by atoms with van der Waals surface area (Å²) in [6, 6.07) is 12.7. The molecular weight excluding hydrogens is 353 g/mol. The van der Waals surface area contributed by atoms with E-state index in [1.165, 1.54) is 28.9 Å². The number of anilines is 1. The van der Waals surface area contributed by atoms with Gasteiger partial charge in [-0.15, -0.1) is 0 Å². The lowest BCUT2D eigenvalue weighted by atomic mass is 10.1. The molecule has 5 heteroatoms. The molecule has 0 saturated carbocycles. The highest BCUT2D eigenvalue weighted by molar-refractivity contribution is 5.78. The van der Waals surface area contributed by atoms with E-state index in [-0.39, 0.29) is 17.8 Å². The summed E-state index contributed by atoms with van der Waals surface area (Å²) in [4.78, 5) is 19.1. The number of nitrogens with zero attached hydrogens (tertiary/aromatic N) is 3. The van der Waals surface area contributed by atoms with Crippen molar-refractivity contribution in [2.24, 2.45) is 0 Å². The fraction of sp³-hybridized carbons (Fsp3) is 0.435. The number of piperazine rings is 1. The van der Waals surface area contributed by atoms with Crippen LogP contribution >= 0.6 is 0 Å². The van der Waals surface area contributed by atoms with E-state index < -0.39 is 0 Å². The molecule has 3 rings (SSSR count). The molecule has 2 aromatic rings. The third kappa shape index (κ3) is 4.53. The first kappa shape index (κ1) is 20.3. The van der Waals surface area contributed by atoms with Crippen LogP contribution in [0.2, 0.25) is 0 Å². The Morgan fingerprint density at radius 1 is 1.07 bits per heavy atom. The minimum atomic E-state index is -0.258. The fourth-order valence-electron chi connectivity index (χ4n) is 3.71. The van der Waals surface area contributed by atoms with Crippen LogP contribution in [0.1, 0.15) is 29.7 Å². The van der Waals surface area contributed by atoms with Crippen LogP contribution in [-0.4, -0.2) is 55.5 Å². The zero-order valence-corrected chi connectivity index (χ0v) is 17.3. The summed E-state index contributed by atoms with van der Waals surface area (Å²) in [7, 11) is 1.82. The minimum absolute atomic E-state index is 0.0793. The molecule has 4 nitrogen and oxygen atoms in total. The van der Waals surface area contributed by atoms with E-state index in [0.29, 0.717) is 6.54 Å². The summed E-state index contributed by atoms with van der Waals surface area (Å²) in [6.07, 6.45) is 0. The van der Waals surface area contributed by atoms with Crippen LogP contribution in [0.15, 0.2) is 42.5 Å². The molecule has 1 fully saturated rings. The normalized spacial score (nSPS) is 16.1. The largest absolute Gasteiger partial charge is 0.369 e. The maximum atomic E-state index is 13.1. The molecule has 0 aliphatic carbocycles. The first-order valence-corrected chi connectivity index (χ1v) is 9.91. The summed E-state index contributed by atoms with van der Waals surface area (Å²) >= 11 is 0. The standard InChI is InChI=1S/C23H30FN3O/c1-17-6-5-7-22(18(17)2)27-14-12-26(13-15-27)16-23(28)25(4)19(3)20-8-10-21(24)11-9-20/h5-11,19H,12-16H2,1-4H3. The molecule has 0 aromatic heterocycles. The Bertz CT molecular complexity index is 813. The number of amides is 1. The van der Waals surface area contributed by atoms with Crippen LogP contribution < -0.4 is 4.90 Å². The van der Waals surface area contributed by atoms with Crippen molar-refractivity contribution in [3.63, 3.8) is 0 Å². The molecule has 1 atom stereocenters. The Labute approximate surface area is 167 Å². The van der Waals surface area contributed by atoms with Crippen molar-refractivity contribution in [1.82, 2.24) is 9.80 Å². The van der Waals surface area contributed by atoms with Crippen molar-refractivity contribution < 1.29 is 9.18 Å². The van der Waals surface area contributed by atoms with Crippen LogP contribution in [0.5, 0.6) is 0 Å². The van der Waals surface area contributed by atoms with Gasteiger partial charge in [0.1, 0.15) is 5.82 Å². The maximum Gasteiger partial charge on any atom is 0.236 e. The molecule has 1 saturated heterocycles. The smallest absolute Gasteiger partial charge is 0.236 e. The molecule has 0 bridgehead atoms. The number of carbonyl (C=O) groups excluding carboxylic acids is 1. The first-order valence-electron chi connectivity index (χ1n) is 9.91. The number of carbonyl (C=O) groups is 1. The van der Waals surface area contributed by atoms with Crippen LogP contribution in [-0.2, 0) is 4.79 Å². The van der Waals surface area contributed by atoms with E-state index in [9.17, 15) is 9.18 Å². The van der Waals surface area contributed by atoms with Gasteiger partial charge < -0.3 is 9.80 Å². The number of likely N-dealkylation sites (N-methyl/N-ethyl adjacent to an activating group) is 1. The average Bonchev–Trinajstić information content (AvgIpc) is 2.70. The highest BCUT2D eigenvalue weighted by Gasteiger charge is 2.23. The first-order chi connectivity index (χ1) is 13.4. The van der Waals surface area contributed by atoms with Crippen LogP contribution in [0.4, 0.5) is 10.1 Å². The van der Waals surface area contributed by atoms with E-state index in [2.05, 4.69) is 41.8 Å². The van der Waals surface area contributed by atoms with Crippen molar-refractivity contribution >= 4 is 11.6 Å². The Kier molecular flexibility index (Phi) is 6.35. The topological polar surface area (TPSA) is 26.8 Å². The van der Waals surface area contributed by atoms with E-state index in [1.54, 1.807) is 17.0 Å². The van der Waals surface area contributed by atoms with Gasteiger partial charge in [0.25, 0.3) is 0 Å². The molecule has 1 amide bonds. The summed E-state index contributed by atoms with van der Waals surface area (Å²) < 4.78 is 13.1. The molecule has 150 valence electrons. The van der Waals surface area contributed by atoms with Gasteiger partial charge in [0, 0.05) is 38.9 Å². The zero-order valence-electron chi connectivity index (χ0n) is 17.3. The highest BCUT2D eigenvalue weighted by atomic mass is 19.1. The van der Waals surface area contributed by atoms with Crippen molar-refractivity contribution in [3.05, 3.63) is 65.0 Å². The minimum Gasteiger partial charge on any atom is -0.369 e. The van der Waals surface area contributed by atoms with Gasteiger partial charge in [0.15, 0.2) is 0 Å². The molecular formula is C23H30FN3O. The molecule has 0 spiro atoms. The van der Waals surface area contributed by atoms with Gasteiger partial charge in [0.2, 0.25) is 5.91 Å². The molecule has 1 aliphatic rings. The number of hydrogen-bond donors (Lipinski definition) is 0. The summed E-state index contributed by atoms with van der Waals surface area (Å²) in [5, 5.41) is 0. The van der Waals surface area contributed by atoms with Gasteiger partial charge in [-0.1, -0.05) is 24.3 Å². The van der Waals surface area contributed by atoms with Gasteiger partial charge in [-0.25, -0.2) is 4.39 Å². The molecule has 0 radical (unpaired) electrons. The highest BCUT2D eigenvalue weighted by Crippen LogP contribution is 2.24. The van der Waals surface area contributed by atoms with E-state index >= 15 is 0 Å². The Balaban J connectivity index is 1.54. The predicted octanol–water partition coefficient (Wildman–Crippen LogP) is 3.78. The predicted molar refractivity (Wildman–Crippen MR) is 112 cm³/mol. The van der Waals surface area contributed by atoms with Crippen molar-refractivity contribution in [2.45, 2.75) is 26.8 Å². The van der Waals surface area contributed by atoms with Crippen LogP contribution in [0.3, 0.4) is 0 Å². The van der Waals surface area contributed by atoms with Gasteiger partial charge in [-0.05, 0) is 55.7 Å². The second-order valence-corrected chi connectivity index (χ2v) is 7.71. The summed E-state index contributed by atoms with van der Waals surface area (Å²) in [5.74, 6) is -0.163. The monoisotopic (exact) mass is 383 g/mol. The van der Waals surface area contributed by atoms with Crippen molar-refractivity contribution in [2.75, 3.05) is 44.7 Å². The quantitative estimate of drug-likeness (QED) is 0.786. The zero-order chi connectivity index (χ0) is 20.3. The van der Waals surface area contributed by atoms with Gasteiger partial charge in [-0.2, -0.15) is 0 Å². The second-order valence-electron chi connectivity index (χ2n) is 7.71. The SMILES string of the molecule is Cc1cccc(N2CCN(CC(=O)N(C)C(C)c3ccc(F)cc3)CC2)c1C. The van der Waals surface area contributed by atoms with Crippen LogP contribution in [0.25, 0.3) is 0 Å². The number of aryl methyl sites for hydroxylation is 1. The fourth-order valence-corrected chi connectivity index (χ4v) is 3.71. The van der Waals surface area contributed by atoms with Gasteiger partial charge in [0.05, 0.1) is 12.6 Å². The Morgan fingerprint density at radius 3 is 2.36 bits per heavy atom. The summed E-state index contributed by atoms with van der Waals surface area (Å²) in [6.45, 7) is 10.3. The maximum absolute atomic E-state index is 13.1. The molecule has 1 unspecified atom stereocenters. The number of benzene rings is 2. The van der Waals surface area contributed by atoms with E-state index in [1.807, 2.05) is 14.0 Å². The number of rotatable bonds is 5. The third-order valence-corrected chi connectivity index (χ3v) is 5.97. The molecule has 2 aromatic carbocycles. The lowest BCUT2D eigenvalue weighted by Gasteiger charge is -2.37. The molecule has 1 heterocycles. The Hall–Kier alpha value is -2.40. The Morgan fingerprint density at radius 2 is 1.71 bits per heavy atom. The third-order valence-electron chi connectivity index (χ3n) is 5.97. The van der Waals surface area contributed by atoms with Gasteiger partial charge >= 0.3 is 0 Å². The van der Waals surface area contributed by atoms with E-state index in [4.69, 9.17) is 0 Å². The molecule has 28 heavy (non-hydrogen) atoms. The molecule has 1 aliphatic heterocycles. The van der Waals surface area contributed by atoms with Crippen molar-refractivity contribution in [3.8, 4) is 0 Å². The lowest BCUT2D eigenvalue weighted by Crippen LogP contribution is -2.50. The van der Waals surface area contributed by atoms with Gasteiger partial charge in [-0.3, -0.25) is 9.69 Å². The number of hydrogen-bond acceptors (Lipinski definition) is 3. The van der Waals surface area contributed by atoms with Crippen molar-refractivity contribution in [1.29, 1.82) is 0 Å². The van der Waals surface area contributed by atoms with E-state index in [0.717, 1.165) is 31.7 Å². The lowest BCUT2D eigenvalue weighted by molar-refractivity contribution is -0.133. The second kappa shape index (κ2) is 8.74.